The maximum atomic E-state index is 12.2. The van der Waals surface area contributed by atoms with E-state index in [0.717, 1.165) is 0 Å². The Labute approximate surface area is 112 Å². The Hall–Kier alpha value is -1.88. The van der Waals surface area contributed by atoms with Gasteiger partial charge in [-0.25, -0.2) is 0 Å². The standard InChI is InChI=1S/C14H19NO4/c1-3-15(9-12(10(2)16)14(18)19)13(17)11-7-5-4-6-8-11/h4-8,10,12,16H,3,9H2,1-2H3,(H,18,19)/t10-,12+/m1/s1. The Morgan fingerprint density at radius 1 is 1.26 bits per heavy atom. The average Bonchev–Trinajstić information content (AvgIpc) is 2.39. The monoisotopic (exact) mass is 265 g/mol. The summed E-state index contributed by atoms with van der Waals surface area (Å²) in [7, 11) is 0. The molecule has 19 heavy (non-hydrogen) atoms. The van der Waals surface area contributed by atoms with Crippen molar-refractivity contribution in [2.24, 2.45) is 5.92 Å². The molecule has 0 bridgehead atoms. The van der Waals surface area contributed by atoms with Crippen LogP contribution in [0.5, 0.6) is 0 Å². The minimum atomic E-state index is -1.10. The first kappa shape index (κ1) is 15.2. The van der Waals surface area contributed by atoms with Crippen LogP contribution < -0.4 is 0 Å². The molecule has 104 valence electrons. The van der Waals surface area contributed by atoms with Gasteiger partial charge in [-0.15, -0.1) is 0 Å². The highest BCUT2D eigenvalue weighted by atomic mass is 16.4. The van der Waals surface area contributed by atoms with Gasteiger partial charge in [-0.2, -0.15) is 0 Å². The summed E-state index contributed by atoms with van der Waals surface area (Å²) in [6.45, 7) is 3.59. The maximum absolute atomic E-state index is 12.2. The number of aliphatic hydroxyl groups excluding tert-OH is 1. The molecule has 0 aliphatic rings. The number of amides is 1. The zero-order chi connectivity index (χ0) is 14.4. The van der Waals surface area contributed by atoms with Crippen LogP contribution >= 0.6 is 0 Å². The number of hydrogen-bond acceptors (Lipinski definition) is 3. The topological polar surface area (TPSA) is 77.8 Å². The molecule has 1 aromatic carbocycles. The first-order chi connectivity index (χ1) is 8.97. The van der Waals surface area contributed by atoms with Crippen molar-refractivity contribution < 1.29 is 19.8 Å². The number of carboxylic acid groups (broad SMARTS) is 1. The van der Waals surface area contributed by atoms with E-state index in [2.05, 4.69) is 0 Å². The van der Waals surface area contributed by atoms with E-state index < -0.39 is 18.0 Å². The van der Waals surface area contributed by atoms with Crippen LogP contribution in [-0.4, -0.2) is 46.2 Å². The van der Waals surface area contributed by atoms with E-state index >= 15 is 0 Å². The van der Waals surface area contributed by atoms with Crippen LogP contribution in [0.1, 0.15) is 24.2 Å². The van der Waals surface area contributed by atoms with Crippen molar-refractivity contribution in [2.45, 2.75) is 20.0 Å². The number of aliphatic hydroxyl groups is 1. The normalized spacial score (nSPS) is 13.6. The van der Waals surface area contributed by atoms with Crippen molar-refractivity contribution in [3.63, 3.8) is 0 Å². The van der Waals surface area contributed by atoms with Gasteiger partial charge < -0.3 is 15.1 Å². The molecule has 5 heteroatoms. The van der Waals surface area contributed by atoms with Gasteiger partial charge in [0, 0.05) is 18.7 Å². The predicted octanol–water partition coefficient (Wildman–Crippen LogP) is 1.23. The van der Waals surface area contributed by atoms with Crippen LogP contribution in [0.4, 0.5) is 0 Å². The van der Waals surface area contributed by atoms with E-state index in [4.69, 9.17) is 5.11 Å². The van der Waals surface area contributed by atoms with E-state index in [-0.39, 0.29) is 12.5 Å². The molecule has 2 N–H and O–H groups in total. The number of carbonyl (C=O) groups is 2. The van der Waals surface area contributed by atoms with E-state index in [1.165, 1.54) is 11.8 Å². The van der Waals surface area contributed by atoms with Crippen molar-refractivity contribution >= 4 is 11.9 Å². The molecule has 0 spiro atoms. The highest BCUT2D eigenvalue weighted by molar-refractivity contribution is 5.94. The van der Waals surface area contributed by atoms with Gasteiger partial charge in [-0.1, -0.05) is 18.2 Å². The smallest absolute Gasteiger partial charge is 0.310 e. The number of hydrogen-bond donors (Lipinski definition) is 2. The van der Waals surface area contributed by atoms with Crippen LogP contribution in [0.2, 0.25) is 0 Å². The van der Waals surface area contributed by atoms with E-state index in [0.29, 0.717) is 12.1 Å². The lowest BCUT2D eigenvalue weighted by Crippen LogP contribution is -2.41. The molecule has 0 heterocycles. The van der Waals surface area contributed by atoms with Gasteiger partial charge in [0.2, 0.25) is 0 Å². The molecule has 2 atom stereocenters. The second-order valence-electron chi connectivity index (χ2n) is 4.40. The van der Waals surface area contributed by atoms with Gasteiger partial charge in [0.1, 0.15) is 0 Å². The van der Waals surface area contributed by atoms with Crippen LogP contribution in [0.15, 0.2) is 30.3 Å². The minimum absolute atomic E-state index is 0.00275. The van der Waals surface area contributed by atoms with Crippen LogP contribution in [0.3, 0.4) is 0 Å². The molecule has 0 saturated carbocycles. The molecule has 1 amide bonds. The Kier molecular flexibility index (Phi) is 5.51. The molecule has 0 saturated heterocycles. The molecule has 0 aromatic heterocycles. The molecular weight excluding hydrogens is 246 g/mol. The SMILES string of the molecule is CCN(C[C@H](C(=O)O)[C@@H](C)O)C(=O)c1ccccc1. The number of carboxylic acids is 1. The average molecular weight is 265 g/mol. The highest BCUT2D eigenvalue weighted by Gasteiger charge is 2.27. The van der Waals surface area contributed by atoms with Crippen molar-refractivity contribution in [1.29, 1.82) is 0 Å². The molecule has 5 nitrogen and oxygen atoms in total. The summed E-state index contributed by atoms with van der Waals surface area (Å²) < 4.78 is 0. The van der Waals surface area contributed by atoms with Gasteiger partial charge in [-0.3, -0.25) is 9.59 Å². The summed E-state index contributed by atoms with van der Waals surface area (Å²) >= 11 is 0. The first-order valence-electron chi connectivity index (χ1n) is 6.22. The summed E-state index contributed by atoms with van der Waals surface area (Å²) in [6, 6.07) is 8.68. The molecule has 1 rings (SSSR count). The maximum Gasteiger partial charge on any atom is 0.310 e. The second-order valence-corrected chi connectivity index (χ2v) is 4.40. The molecule has 0 fully saturated rings. The predicted molar refractivity (Wildman–Crippen MR) is 70.8 cm³/mol. The van der Waals surface area contributed by atoms with Gasteiger partial charge in [0.15, 0.2) is 0 Å². The number of rotatable bonds is 6. The van der Waals surface area contributed by atoms with Gasteiger partial charge >= 0.3 is 5.97 Å². The number of carbonyl (C=O) groups excluding carboxylic acids is 1. The molecule has 0 radical (unpaired) electrons. The third kappa shape index (κ3) is 4.06. The third-order valence-corrected chi connectivity index (χ3v) is 3.01. The molecular formula is C14H19NO4. The van der Waals surface area contributed by atoms with Crippen molar-refractivity contribution in [3.8, 4) is 0 Å². The Morgan fingerprint density at radius 2 is 1.84 bits per heavy atom. The summed E-state index contributed by atoms with van der Waals surface area (Å²) in [5.74, 6) is -2.31. The van der Waals surface area contributed by atoms with Crippen molar-refractivity contribution in [1.82, 2.24) is 4.90 Å². The van der Waals surface area contributed by atoms with Gasteiger partial charge in [-0.05, 0) is 26.0 Å². The van der Waals surface area contributed by atoms with Crippen LogP contribution in [0, 0.1) is 5.92 Å². The van der Waals surface area contributed by atoms with E-state index in [1.54, 1.807) is 31.2 Å². The molecule has 1 aromatic rings. The number of aliphatic carboxylic acids is 1. The number of benzene rings is 1. The lowest BCUT2D eigenvalue weighted by Gasteiger charge is -2.26. The van der Waals surface area contributed by atoms with Gasteiger partial charge in [0.25, 0.3) is 5.91 Å². The molecule has 0 aliphatic heterocycles. The van der Waals surface area contributed by atoms with E-state index in [9.17, 15) is 14.7 Å². The van der Waals surface area contributed by atoms with Crippen molar-refractivity contribution in [2.75, 3.05) is 13.1 Å². The third-order valence-electron chi connectivity index (χ3n) is 3.01. The second kappa shape index (κ2) is 6.89. The van der Waals surface area contributed by atoms with Crippen LogP contribution in [0.25, 0.3) is 0 Å². The fourth-order valence-corrected chi connectivity index (χ4v) is 1.79. The van der Waals surface area contributed by atoms with Gasteiger partial charge in [0.05, 0.1) is 12.0 Å². The first-order valence-corrected chi connectivity index (χ1v) is 6.22. The molecule has 0 unspecified atom stereocenters. The summed E-state index contributed by atoms with van der Waals surface area (Å²) in [5, 5.41) is 18.5. The summed E-state index contributed by atoms with van der Waals surface area (Å²) in [5.41, 5.74) is 0.513. The fraction of sp³-hybridized carbons (Fsp3) is 0.429. The zero-order valence-corrected chi connectivity index (χ0v) is 11.1. The summed E-state index contributed by atoms with van der Waals surface area (Å²) in [4.78, 5) is 24.7. The Balaban J connectivity index is 2.83. The quantitative estimate of drug-likeness (QED) is 0.811. The zero-order valence-electron chi connectivity index (χ0n) is 11.1. The highest BCUT2D eigenvalue weighted by Crippen LogP contribution is 2.11. The lowest BCUT2D eigenvalue weighted by atomic mass is 10.0. The number of nitrogens with zero attached hydrogens (tertiary/aromatic N) is 1. The Bertz CT molecular complexity index is 430. The largest absolute Gasteiger partial charge is 0.481 e. The Morgan fingerprint density at radius 3 is 2.26 bits per heavy atom. The fourth-order valence-electron chi connectivity index (χ4n) is 1.79. The van der Waals surface area contributed by atoms with Crippen molar-refractivity contribution in [3.05, 3.63) is 35.9 Å². The van der Waals surface area contributed by atoms with E-state index in [1.807, 2.05) is 6.07 Å². The molecule has 0 aliphatic carbocycles. The summed E-state index contributed by atoms with van der Waals surface area (Å²) in [6.07, 6.45) is -1.00. The minimum Gasteiger partial charge on any atom is -0.481 e. The van der Waals surface area contributed by atoms with Crippen LogP contribution in [-0.2, 0) is 4.79 Å². The lowest BCUT2D eigenvalue weighted by molar-refractivity contribution is -0.145.